The zero-order valence-corrected chi connectivity index (χ0v) is 12.1. The van der Waals surface area contributed by atoms with Crippen molar-refractivity contribution < 1.29 is 4.79 Å². The second-order valence-corrected chi connectivity index (χ2v) is 6.01. The highest BCUT2D eigenvalue weighted by Crippen LogP contribution is 2.23. The van der Waals surface area contributed by atoms with Crippen LogP contribution >= 0.6 is 0 Å². The molecule has 3 nitrogen and oxygen atoms in total. The van der Waals surface area contributed by atoms with E-state index in [1.165, 1.54) is 11.1 Å². The molecule has 1 heterocycles. The fourth-order valence-corrected chi connectivity index (χ4v) is 2.22. The highest BCUT2D eigenvalue weighted by molar-refractivity contribution is 5.80. The monoisotopic (exact) mass is 260 g/mol. The Morgan fingerprint density at radius 2 is 1.95 bits per heavy atom. The Morgan fingerprint density at radius 1 is 1.32 bits per heavy atom. The Labute approximate surface area is 115 Å². The van der Waals surface area contributed by atoms with Crippen molar-refractivity contribution in [3.8, 4) is 0 Å². The fourth-order valence-electron chi connectivity index (χ4n) is 2.22. The van der Waals surface area contributed by atoms with Crippen LogP contribution in [0, 0.1) is 5.92 Å². The average molecular weight is 260 g/mol. The molecule has 0 bridgehead atoms. The molecule has 2 N–H and O–H groups in total. The predicted octanol–water partition coefficient (Wildman–Crippen LogP) is 1.86. The van der Waals surface area contributed by atoms with Crippen molar-refractivity contribution in [1.29, 1.82) is 0 Å². The number of nitrogens with one attached hydrogen (secondary N) is 2. The molecule has 1 aromatic rings. The molecule has 0 unspecified atom stereocenters. The van der Waals surface area contributed by atoms with E-state index in [0.717, 1.165) is 19.5 Å². The average Bonchev–Trinajstić information content (AvgIpc) is 2.34. The third-order valence-corrected chi connectivity index (χ3v) is 4.00. The molecule has 0 aliphatic carbocycles. The summed E-state index contributed by atoms with van der Waals surface area (Å²) in [6, 6.07) is 8.70. The molecule has 1 aliphatic rings. The molecule has 3 heteroatoms. The summed E-state index contributed by atoms with van der Waals surface area (Å²) < 4.78 is 0. The lowest BCUT2D eigenvalue weighted by Crippen LogP contribution is -2.52. The Morgan fingerprint density at radius 3 is 2.42 bits per heavy atom. The van der Waals surface area contributed by atoms with Gasteiger partial charge < -0.3 is 10.6 Å². The number of hydrogen-bond acceptors (Lipinski definition) is 2. The molecule has 0 aromatic heterocycles. The topological polar surface area (TPSA) is 41.1 Å². The SMILES string of the molecule is CCc1ccc(C(C)(C)CNC(=O)C2CNC2)cc1. The zero-order chi connectivity index (χ0) is 13.9. The summed E-state index contributed by atoms with van der Waals surface area (Å²) in [5, 5.41) is 6.20. The van der Waals surface area contributed by atoms with Gasteiger partial charge in [-0.3, -0.25) is 4.79 Å². The van der Waals surface area contributed by atoms with Crippen molar-refractivity contribution in [3.05, 3.63) is 35.4 Å². The molecule has 0 atom stereocenters. The van der Waals surface area contributed by atoms with Gasteiger partial charge in [-0.25, -0.2) is 0 Å². The summed E-state index contributed by atoms with van der Waals surface area (Å²) >= 11 is 0. The summed E-state index contributed by atoms with van der Waals surface area (Å²) in [6.45, 7) is 8.83. The fraction of sp³-hybridized carbons (Fsp3) is 0.562. The van der Waals surface area contributed by atoms with Gasteiger partial charge in [0, 0.05) is 25.0 Å². The van der Waals surface area contributed by atoms with E-state index >= 15 is 0 Å². The van der Waals surface area contributed by atoms with Crippen LogP contribution in [0.3, 0.4) is 0 Å². The first-order valence-electron chi connectivity index (χ1n) is 7.11. The molecule has 1 saturated heterocycles. The molecular formula is C16H24N2O. The second-order valence-electron chi connectivity index (χ2n) is 6.01. The van der Waals surface area contributed by atoms with Gasteiger partial charge >= 0.3 is 0 Å². The van der Waals surface area contributed by atoms with Crippen molar-refractivity contribution in [3.63, 3.8) is 0 Å². The van der Waals surface area contributed by atoms with Gasteiger partial charge in [-0.1, -0.05) is 45.0 Å². The van der Waals surface area contributed by atoms with E-state index in [0.29, 0.717) is 6.54 Å². The second kappa shape index (κ2) is 5.74. The minimum absolute atomic E-state index is 0.0287. The minimum Gasteiger partial charge on any atom is -0.355 e. The van der Waals surface area contributed by atoms with Crippen LogP contribution in [0.2, 0.25) is 0 Å². The van der Waals surface area contributed by atoms with E-state index in [1.54, 1.807) is 0 Å². The Kier molecular flexibility index (Phi) is 4.25. The lowest BCUT2D eigenvalue weighted by molar-refractivity contribution is -0.126. The Hall–Kier alpha value is -1.35. The standard InChI is InChI=1S/C16H24N2O/c1-4-12-5-7-14(8-6-12)16(2,3)11-18-15(19)13-9-17-10-13/h5-8,13,17H,4,9-11H2,1-3H3,(H,18,19). The maximum atomic E-state index is 11.9. The number of benzene rings is 1. The van der Waals surface area contributed by atoms with Crippen LogP contribution in [0.1, 0.15) is 31.9 Å². The normalized spacial score (nSPS) is 15.9. The van der Waals surface area contributed by atoms with Gasteiger partial charge in [-0.05, 0) is 17.5 Å². The number of aryl methyl sites for hydroxylation is 1. The molecule has 19 heavy (non-hydrogen) atoms. The van der Waals surface area contributed by atoms with Crippen LogP contribution in [0.4, 0.5) is 0 Å². The molecule has 1 aliphatic heterocycles. The van der Waals surface area contributed by atoms with Crippen molar-refractivity contribution in [2.75, 3.05) is 19.6 Å². The van der Waals surface area contributed by atoms with Crippen molar-refractivity contribution in [1.82, 2.24) is 10.6 Å². The van der Waals surface area contributed by atoms with Crippen molar-refractivity contribution in [2.45, 2.75) is 32.6 Å². The number of carbonyl (C=O) groups is 1. The number of amides is 1. The third-order valence-electron chi connectivity index (χ3n) is 4.00. The van der Waals surface area contributed by atoms with Gasteiger partial charge in [0.1, 0.15) is 0 Å². The third kappa shape index (κ3) is 3.35. The van der Waals surface area contributed by atoms with E-state index in [4.69, 9.17) is 0 Å². The molecule has 1 amide bonds. The van der Waals surface area contributed by atoms with Gasteiger partial charge in [0.2, 0.25) is 5.91 Å². The summed E-state index contributed by atoms with van der Waals surface area (Å²) in [4.78, 5) is 11.9. The molecule has 0 radical (unpaired) electrons. The predicted molar refractivity (Wildman–Crippen MR) is 78.2 cm³/mol. The molecule has 0 spiro atoms. The maximum Gasteiger partial charge on any atom is 0.225 e. The Bertz CT molecular complexity index is 433. The van der Waals surface area contributed by atoms with E-state index in [2.05, 4.69) is 55.7 Å². The smallest absolute Gasteiger partial charge is 0.225 e. The summed E-state index contributed by atoms with van der Waals surface area (Å²) in [7, 11) is 0. The first kappa shape index (κ1) is 14.1. The molecule has 2 rings (SSSR count). The zero-order valence-electron chi connectivity index (χ0n) is 12.1. The van der Waals surface area contributed by atoms with Crippen LogP contribution in [0.5, 0.6) is 0 Å². The van der Waals surface area contributed by atoms with E-state index in [-0.39, 0.29) is 17.2 Å². The molecule has 1 fully saturated rings. The maximum absolute atomic E-state index is 11.9. The molecule has 0 saturated carbocycles. The molecular weight excluding hydrogens is 236 g/mol. The molecule has 104 valence electrons. The van der Waals surface area contributed by atoms with Gasteiger partial charge in [-0.2, -0.15) is 0 Å². The first-order valence-corrected chi connectivity index (χ1v) is 7.11. The number of rotatable bonds is 5. The largest absolute Gasteiger partial charge is 0.355 e. The molecule has 1 aromatic carbocycles. The Balaban J connectivity index is 1.94. The van der Waals surface area contributed by atoms with Crippen LogP contribution in [-0.4, -0.2) is 25.5 Å². The quantitative estimate of drug-likeness (QED) is 0.848. The van der Waals surface area contributed by atoms with Gasteiger partial charge in [-0.15, -0.1) is 0 Å². The van der Waals surface area contributed by atoms with Crippen molar-refractivity contribution in [2.24, 2.45) is 5.92 Å². The van der Waals surface area contributed by atoms with E-state index in [1.807, 2.05) is 0 Å². The van der Waals surface area contributed by atoms with Gasteiger partial charge in [0.05, 0.1) is 5.92 Å². The first-order chi connectivity index (χ1) is 9.03. The van der Waals surface area contributed by atoms with Crippen LogP contribution < -0.4 is 10.6 Å². The van der Waals surface area contributed by atoms with Gasteiger partial charge in [0.25, 0.3) is 0 Å². The van der Waals surface area contributed by atoms with E-state index < -0.39 is 0 Å². The lowest BCUT2D eigenvalue weighted by atomic mass is 9.84. The number of hydrogen-bond donors (Lipinski definition) is 2. The summed E-state index contributed by atoms with van der Waals surface area (Å²) in [5.74, 6) is 0.343. The number of carbonyl (C=O) groups excluding carboxylic acids is 1. The van der Waals surface area contributed by atoms with Crippen molar-refractivity contribution >= 4 is 5.91 Å². The highest BCUT2D eigenvalue weighted by atomic mass is 16.2. The summed E-state index contributed by atoms with van der Waals surface area (Å²) in [5.41, 5.74) is 2.60. The van der Waals surface area contributed by atoms with Crippen LogP contribution in [-0.2, 0) is 16.6 Å². The highest BCUT2D eigenvalue weighted by Gasteiger charge is 2.27. The lowest BCUT2D eigenvalue weighted by Gasteiger charge is -2.30. The van der Waals surface area contributed by atoms with Gasteiger partial charge in [0.15, 0.2) is 0 Å². The minimum atomic E-state index is -0.0287. The van der Waals surface area contributed by atoms with E-state index in [9.17, 15) is 4.79 Å². The summed E-state index contributed by atoms with van der Waals surface area (Å²) in [6.07, 6.45) is 1.06. The van der Waals surface area contributed by atoms with Crippen LogP contribution in [0.25, 0.3) is 0 Å². The van der Waals surface area contributed by atoms with Crippen LogP contribution in [0.15, 0.2) is 24.3 Å².